The van der Waals surface area contributed by atoms with Gasteiger partial charge in [-0.2, -0.15) is 0 Å². The van der Waals surface area contributed by atoms with Crippen LogP contribution in [0.3, 0.4) is 0 Å². The second-order valence-electron chi connectivity index (χ2n) is 2.70. The number of hydrogen-bond acceptors (Lipinski definition) is 5. The predicted molar refractivity (Wildman–Crippen MR) is 53.3 cm³/mol. The molecule has 1 aliphatic heterocycles. The molecule has 1 aliphatic rings. The van der Waals surface area contributed by atoms with Crippen molar-refractivity contribution in [1.82, 2.24) is 0 Å². The van der Waals surface area contributed by atoms with Crippen LogP contribution in [0.5, 0.6) is 5.75 Å². The van der Waals surface area contributed by atoms with Crippen LogP contribution in [0.4, 0.5) is 0 Å². The van der Waals surface area contributed by atoms with E-state index in [1.807, 2.05) is 0 Å². The number of ketones is 1. The topological polar surface area (TPSA) is 90.6 Å². The van der Waals surface area contributed by atoms with E-state index in [4.69, 9.17) is 20.4 Å². The van der Waals surface area contributed by atoms with Gasteiger partial charge in [0.15, 0.2) is 0 Å². The van der Waals surface area contributed by atoms with Crippen molar-refractivity contribution in [3.8, 4) is 5.75 Å². The highest BCUT2D eigenvalue weighted by molar-refractivity contribution is 6.45. The van der Waals surface area contributed by atoms with Crippen LogP contribution >= 0.6 is 0 Å². The molecule has 0 saturated carbocycles. The summed E-state index contributed by atoms with van der Waals surface area (Å²) in [5.41, 5.74) is 0.484. The van der Waals surface area contributed by atoms with Gasteiger partial charge in [0, 0.05) is 0 Å². The van der Waals surface area contributed by atoms with E-state index in [2.05, 4.69) is 0 Å². The molecule has 0 aromatic heterocycles. The summed E-state index contributed by atoms with van der Waals surface area (Å²) in [7, 11) is 0. The summed E-state index contributed by atoms with van der Waals surface area (Å²) in [5, 5.41) is 22.3. The van der Waals surface area contributed by atoms with E-state index in [9.17, 15) is 4.79 Å². The Morgan fingerprint density at radius 3 is 2.33 bits per heavy atom. The third-order valence-corrected chi connectivity index (χ3v) is 1.65. The number of aliphatic hydroxyl groups excluding tert-OH is 2. The Bertz CT molecular complexity index is 373. The number of aliphatic hydroxyl groups is 2. The van der Waals surface area contributed by atoms with Crippen LogP contribution in [0.15, 0.2) is 24.3 Å². The Balaban J connectivity index is 0.000000245. The molecule has 1 aromatic rings. The van der Waals surface area contributed by atoms with Crippen LogP contribution in [0.25, 0.3) is 0 Å². The summed E-state index contributed by atoms with van der Waals surface area (Å²) in [6.07, 6.45) is 0. The number of fused-ring (bicyclic) bond motifs is 1. The third-order valence-electron chi connectivity index (χ3n) is 1.65. The molecular formula is C10H11NO4. The first-order valence-electron chi connectivity index (χ1n) is 4.32. The largest absolute Gasteiger partial charge is 0.435 e. The van der Waals surface area contributed by atoms with Gasteiger partial charge in [-0.05, 0) is 12.1 Å². The van der Waals surface area contributed by atoms with Crippen molar-refractivity contribution in [3.63, 3.8) is 0 Å². The molecular weight excluding hydrogens is 198 g/mol. The molecule has 2 rings (SSSR count). The fourth-order valence-corrected chi connectivity index (χ4v) is 1.02. The maximum Gasteiger partial charge on any atom is 0.261 e. The van der Waals surface area contributed by atoms with Crippen molar-refractivity contribution in [1.29, 1.82) is 5.41 Å². The number of carbonyl (C=O) groups excluding carboxylic acids is 1. The molecule has 1 aromatic carbocycles. The predicted octanol–water partition coefficient (Wildman–Crippen LogP) is 0.210. The van der Waals surface area contributed by atoms with Crippen LogP contribution in [0, 0.1) is 5.41 Å². The SMILES string of the molecule is N=C1Oc2ccccc2C1=O.OCCO. The normalized spacial score (nSPS) is 12.7. The fourth-order valence-electron chi connectivity index (χ4n) is 1.02. The molecule has 0 spiro atoms. The van der Waals surface area contributed by atoms with Crippen molar-refractivity contribution >= 4 is 11.7 Å². The fraction of sp³-hybridized carbons (Fsp3) is 0.200. The molecule has 0 fully saturated rings. The van der Waals surface area contributed by atoms with E-state index >= 15 is 0 Å². The van der Waals surface area contributed by atoms with Crippen LogP contribution in [-0.4, -0.2) is 35.1 Å². The minimum atomic E-state index is -0.333. The van der Waals surface area contributed by atoms with E-state index < -0.39 is 0 Å². The van der Waals surface area contributed by atoms with Gasteiger partial charge in [-0.15, -0.1) is 0 Å². The van der Waals surface area contributed by atoms with Crippen LogP contribution < -0.4 is 4.74 Å². The lowest BCUT2D eigenvalue weighted by atomic mass is 10.1. The number of nitrogens with one attached hydrogen (secondary N) is 1. The lowest BCUT2D eigenvalue weighted by Crippen LogP contribution is -2.09. The molecule has 0 radical (unpaired) electrons. The molecule has 80 valence electrons. The average Bonchev–Trinajstić information content (AvgIpc) is 2.56. The highest BCUT2D eigenvalue weighted by atomic mass is 16.5. The Morgan fingerprint density at radius 2 is 1.80 bits per heavy atom. The zero-order valence-corrected chi connectivity index (χ0v) is 7.93. The van der Waals surface area contributed by atoms with Gasteiger partial charge in [0.2, 0.25) is 0 Å². The van der Waals surface area contributed by atoms with Gasteiger partial charge in [0.05, 0.1) is 18.8 Å². The van der Waals surface area contributed by atoms with Gasteiger partial charge in [0.1, 0.15) is 5.75 Å². The Morgan fingerprint density at radius 1 is 1.20 bits per heavy atom. The smallest absolute Gasteiger partial charge is 0.261 e. The van der Waals surface area contributed by atoms with E-state index in [-0.39, 0.29) is 24.9 Å². The van der Waals surface area contributed by atoms with Crippen LogP contribution in [-0.2, 0) is 0 Å². The first kappa shape index (κ1) is 11.4. The summed E-state index contributed by atoms with van der Waals surface area (Å²) >= 11 is 0. The minimum Gasteiger partial charge on any atom is -0.435 e. The van der Waals surface area contributed by atoms with E-state index in [0.29, 0.717) is 11.3 Å². The summed E-state index contributed by atoms with van der Waals surface area (Å²) in [6.45, 7) is -0.250. The molecule has 3 N–H and O–H groups in total. The van der Waals surface area contributed by atoms with Crippen molar-refractivity contribution in [2.75, 3.05) is 13.2 Å². The number of carbonyl (C=O) groups is 1. The molecule has 5 nitrogen and oxygen atoms in total. The maximum absolute atomic E-state index is 11.0. The molecule has 15 heavy (non-hydrogen) atoms. The van der Waals surface area contributed by atoms with Crippen LogP contribution in [0.2, 0.25) is 0 Å². The van der Waals surface area contributed by atoms with Gasteiger partial charge >= 0.3 is 0 Å². The number of benzene rings is 1. The number of Topliss-reactive ketones (excluding diaryl/α,β-unsaturated/α-hetero) is 1. The molecule has 1 heterocycles. The monoisotopic (exact) mass is 209 g/mol. The van der Waals surface area contributed by atoms with Gasteiger partial charge in [-0.1, -0.05) is 12.1 Å². The van der Waals surface area contributed by atoms with Crippen molar-refractivity contribution < 1.29 is 19.7 Å². The summed E-state index contributed by atoms with van der Waals surface area (Å²) in [6, 6.07) is 6.84. The number of ether oxygens (including phenoxy) is 1. The lowest BCUT2D eigenvalue weighted by molar-refractivity contribution is 0.106. The standard InChI is InChI=1S/C8H5NO2.C2H6O2/c9-8-7(10)5-3-1-2-4-6(5)11-8;3-1-2-4/h1-4,9H;3-4H,1-2H2. The second kappa shape index (κ2) is 5.23. The Labute approximate surface area is 86.4 Å². The highest BCUT2D eigenvalue weighted by Gasteiger charge is 2.26. The Kier molecular flexibility index (Phi) is 3.96. The number of para-hydroxylation sites is 1. The maximum atomic E-state index is 11.0. The minimum absolute atomic E-state index is 0.125. The number of hydrogen-bond donors (Lipinski definition) is 3. The Hall–Kier alpha value is -1.72. The van der Waals surface area contributed by atoms with E-state index in [0.717, 1.165) is 0 Å². The summed E-state index contributed by atoms with van der Waals surface area (Å²) in [5.74, 6) is -0.130. The quantitative estimate of drug-likeness (QED) is 0.616. The number of rotatable bonds is 1. The molecule has 5 heteroatoms. The van der Waals surface area contributed by atoms with E-state index in [1.54, 1.807) is 24.3 Å². The van der Waals surface area contributed by atoms with Gasteiger partial charge in [0.25, 0.3) is 11.7 Å². The van der Waals surface area contributed by atoms with Gasteiger partial charge < -0.3 is 14.9 Å². The van der Waals surface area contributed by atoms with Crippen molar-refractivity contribution in [3.05, 3.63) is 29.8 Å². The van der Waals surface area contributed by atoms with Crippen molar-refractivity contribution in [2.45, 2.75) is 0 Å². The van der Waals surface area contributed by atoms with Crippen molar-refractivity contribution in [2.24, 2.45) is 0 Å². The lowest BCUT2D eigenvalue weighted by Gasteiger charge is -1.91. The molecule has 0 bridgehead atoms. The molecule has 0 amide bonds. The average molecular weight is 209 g/mol. The van der Waals surface area contributed by atoms with Gasteiger partial charge in [-0.3, -0.25) is 10.2 Å². The first-order valence-corrected chi connectivity index (χ1v) is 4.32. The second-order valence-corrected chi connectivity index (χ2v) is 2.70. The molecule has 0 unspecified atom stereocenters. The zero-order valence-electron chi connectivity index (χ0n) is 7.93. The molecule has 0 aliphatic carbocycles. The third kappa shape index (κ3) is 2.61. The summed E-state index contributed by atoms with van der Waals surface area (Å²) < 4.78 is 4.85. The molecule has 0 saturated heterocycles. The first-order chi connectivity index (χ1) is 7.20. The van der Waals surface area contributed by atoms with Crippen LogP contribution in [0.1, 0.15) is 10.4 Å². The van der Waals surface area contributed by atoms with E-state index in [1.165, 1.54) is 0 Å². The molecule has 0 atom stereocenters. The summed E-state index contributed by atoms with van der Waals surface area (Å²) in [4.78, 5) is 11.0. The zero-order chi connectivity index (χ0) is 11.3. The van der Waals surface area contributed by atoms with Gasteiger partial charge in [-0.25, -0.2) is 0 Å². The highest BCUT2D eigenvalue weighted by Crippen LogP contribution is 2.24.